The van der Waals surface area contributed by atoms with Gasteiger partial charge in [-0.1, -0.05) is 35.4 Å². The molecule has 0 heterocycles. The summed E-state index contributed by atoms with van der Waals surface area (Å²) in [6, 6.07) is 8.72. The lowest BCUT2D eigenvalue weighted by Gasteiger charge is -2.13. The van der Waals surface area contributed by atoms with E-state index in [1.165, 1.54) is 0 Å². The van der Waals surface area contributed by atoms with E-state index in [2.05, 4.69) is 10.0 Å². The van der Waals surface area contributed by atoms with Gasteiger partial charge in [0.25, 0.3) is 0 Å². The second kappa shape index (κ2) is 4.50. The molecule has 1 N–H and O–H groups in total. The Kier molecular flexibility index (Phi) is 3.31. The predicted molar refractivity (Wildman–Crippen MR) is 50.0 cm³/mol. The Morgan fingerprint density at radius 1 is 1.38 bits per heavy atom. The van der Waals surface area contributed by atoms with Crippen LogP contribution in [0.4, 0.5) is 0 Å². The van der Waals surface area contributed by atoms with Crippen molar-refractivity contribution in [3.63, 3.8) is 0 Å². The molecule has 0 saturated heterocycles. The summed E-state index contributed by atoms with van der Waals surface area (Å²) in [6.07, 6.45) is -0.668. The summed E-state index contributed by atoms with van der Waals surface area (Å²) in [6.45, 7) is 1.60. The van der Waals surface area contributed by atoms with Crippen LogP contribution < -0.4 is 0 Å². The van der Waals surface area contributed by atoms with Gasteiger partial charge in [-0.3, -0.25) is 0 Å². The van der Waals surface area contributed by atoms with Crippen LogP contribution in [0.1, 0.15) is 18.5 Å². The highest BCUT2D eigenvalue weighted by Crippen LogP contribution is 2.20. The van der Waals surface area contributed by atoms with Gasteiger partial charge in [0.1, 0.15) is 0 Å². The highest BCUT2D eigenvalue weighted by Gasteiger charge is 2.14. The SMILES string of the molecule is C[C@H](O)[C@@H](N=[N+]=[N-])c1ccccc1. The van der Waals surface area contributed by atoms with Crippen LogP contribution in [-0.4, -0.2) is 11.2 Å². The van der Waals surface area contributed by atoms with E-state index in [0.717, 1.165) is 5.56 Å². The fourth-order valence-electron chi connectivity index (χ4n) is 1.15. The number of benzene rings is 1. The maximum atomic E-state index is 9.33. The first kappa shape index (κ1) is 9.58. The van der Waals surface area contributed by atoms with Gasteiger partial charge in [-0.25, -0.2) is 0 Å². The Morgan fingerprint density at radius 3 is 2.46 bits per heavy atom. The third-order valence-electron chi connectivity index (χ3n) is 1.77. The van der Waals surface area contributed by atoms with Gasteiger partial charge in [-0.2, -0.15) is 0 Å². The van der Waals surface area contributed by atoms with Crippen LogP contribution in [0.5, 0.6) is 0 Å². The van der Waals surface area contributed by atoms with Crippen LogP contribution in [-0.2, 0) is 0 Å². The maximum Gasteiger partial charge on any atom is 0.0881 e. The molecule has 2 atom stereocenters. The minimum Gasteiger partial charge on any atom is -0.393 e. The minimum atomic E-state index is -0.668. The lowest BCUT2D eigenvalue weighted by atomic mass is 10.0. The van der Waals surface area contributed by atoms with Crippen molar-refractivity contribution in [2.75, 3.05) is 0 Å². The second-order valence-corrected chi connectivity index (χ2v) is 2.80. The molecular formula is C9H11N3O. The van der Waals surface area contributed by atoms with Crippen LogP contribution in [0.15, 0.2) is 35.4 Å². The summed E-state index contributed by atoms with van der Waals surface area (Å²) < 4.78 is 0. The zero-order valence-corrected chi connectivity index (χ0v) is 7.33. The van der Waals surface area contributed by atoms with Crippen molar-refractivity contribution in [3.05, 3.63) is 46.3 Å². The molecule has 0 saturated carbocycles. The Balaban J connectivity index is 2.95. The zero-order valence-electron chi connectivity index (χ0n) is 7.33. The average molecular weight is 177 g/mol. The third-order valence-corrected chi connectivity index (χ3v) is 1.77. The molecule has 13 heavy (non-hydrogen) atoms. The summed E-state index contributed by atoms with van der Waals surface area (Å²) in [5, 5.41) is 12.9. The molecule has 4 heteroatoms. The number of aliphatic hydroxyl groups excluding tert-OH is 1. The quantitative estimate of drug-likeness (QED) is 0.430. The van der Waals surface area contributed by atoms with E-state index in [-0.39, 0.29) is 0 Å². The van der Waals surface area contributed by atoms with Crippen molar-refractivity contribution < 1.29 is 5.11 Å². The summed E-state index contributed by atoms with van der Waals surface area (Å²) in [7, 11) is 0. The lowest BCUT2D eigenvalue weighted by Crippen LogP contribution is -2.11. The highest BCUT2D eigenvalue weighted by molar-refractivity contribution is 5.19. The van der Waals surface area contributed by atoms with E-state index in [4.69, 9.17) is 5.53 Å². The summed E-state index contributed by atoms with van der Waals surface area (Å²) >= 11 is 0. The van der Waals surface area contributed by atoms with Crippen LogP contribution in [0.3, 0.4) is 0 Å². The molecule has 0 aliphatic carbocycles. The molecule has 0 radical (unpaired) electrons. The Labute approximate surface area is 76.5 Å². The highest BCUT2D eigenvalue weighted by atomic mass is 16.3. The van der Waals surface area contributed by atoms with E-state index >= 15 is 0 Å². The minimum absolute atomic E-state index is 0.494. The molecule has 1 aromatic carbocycles. The molecule has 0 unspecified atom stereocenters. The molecule has 0 bridgehead atoms. The van der Waals surface area contributed by atoms with Crippen molar-refractivity contribution in [2.24, 2.45) is 5.11 Å². The predicted octanol–water partition coefficient (Wildman–Crippen LogP) is 2.42. The van der Waals surface area contributed by atoms with Gasteiger partial charge in [-0.05, 0) is 18.0 Å². The van der Waals surface area contributed by atoms with Crippen LogP contribution in [0.2, 0.25) is 0 Å². The number of rotatable bonds is 3. The van der Waals surface area contributed by atoms with Crippen molar-refractivity contribution in [1.29, 1.82) is 0 Å². The van der Waals surface area contributed by atoms with Gasteiger partial charge in [0.2, 0.25) is 0 Å². The van der Waals surface area contributed by atoms with Gasteiger partial charge in [0.15, 0.2) is 0 Å². The number of hydrogen-bond donors (Lipinski definition) is 1. The summed E-state index contributed by atoms with van der Waals surface area (Å²) in [5.74, 6) is 0. The molecular weight excluding hydrogens is 166 g/mol. The molecule has 68 valence electrons. The van der Waals surface area contributed by atoms with E-state index in [0.29, 0.717) is 0 Å². The van der Waals surface area contributed by atoms with Crippen molar-refractivity contribution >= 4 is 0 Å². The van der Waals surface area contributed by atoms with Crippen LogP contribution >= 0.6 is 0 Å². The Hall–Kier alpha value is -1.51. The lowest BCUT2D eigenvalue weighted by molar-refractivity contribution is 0.164. The van der Waals surface area contributed by atoms with Gasteiger partial charge in [0.05, 0.1) is 12.1 Å². The fraction of sp³-hybridized carbons (Fsp3) is 0.333. The van der Waals surface area contributed by atoms with Crippen molar-refractivity contribution in [1.82, 2.24) is 0 Å². The first-order valence-electron chi connectivity index (χ1n) is 4.03. The molecule has 0 spiro atoms. The third kappa shape index (κ3) is 2.47. The zero-order chi connectivity index (χ0) is 9.68. The summed E-state index contributed by atoms with van der Waals surface area (Å²) in [4.78, 5) is 2.70. The number of aliphatic hydroxyl groups is 1. The smallest absolute Gasteiger partial charge is 0.0881 e. The molecule has 1 aromatic rings. The monoisotopic (exact) mass is 177 g/mol. The molecule has 0 aliphatic heterocycles. The molecule has 1 rings (SSSR count). The van der Waals surface area contributed by atoms with E-state index in [9.17, 15) is 5.11 Å². The van der Waals surface area contributed by atoms with E-state index in [1.807, 2.05) is 30.3 Å². The average Bonchev–Trinajstić information content (AvgIpc) is 2.15. The topological polar surface area (TPSA) is 69.0 Å². The van der Waals surface area contributed by atoms with Gasteiger partial charge >= 0.3 is 0 Å². The van der Waals surface area contributed by atoms with E-state index < -0.39 is 12.1 Å². The summed E-state index contributed by atoms with van der Waals surface area (Å²) in [5.41, 5.74) is 9.12. The number of nitrogens with zero attached hydrogens (tertiary/aromatic N) is 3. The Bertz CT molecular complexity index is 304. The van der Waals surface area contributed by atoms with Crippen molar-refractivity contribution in [3.8, 4) is 0 Å². The van der Waals surface area contributed by atoms with Crippen molar-refractivity contribution in [2.45, 2.75) is 19.1 Å². The van der Waals surface area contributed by atoms with E-state index in [1.54, 1.807) is 6.92 Å². The maximum absolute atomic E-state index is 9.33. The first-order chi connectivity index (χ1) is 6.25. The Morgan fingerprint density at radius 2 is 2.00 bits per heavy atom. The van der Waals surface area contributed by atoms with Gasteiger partial charge in [-0.15, -0.1) is 0 Å². The standard InChI is InChI=1S/C9H11N3O/c1-7(13)9(11-12-10)8-5-3-2-4-6-8/h2-7,9,13H,1H3/t7-,9+/m0/s1. The number of azide groups is 1. The van der Waals surface area contributed by atoms with Crippen LogP contribution in [0, 0.1) is 0 Å². The normalized spacial score (nSPS) is 14.3. The fourth-order valence-corrected chi connectivity index (χ4v) is 1.15. The molecule has 0 aromatic heterocycles. The first-order valence-corrected chi connectivity index (χ1v) is 4.03. The number of hydrogen-bond acceptors (Lipinski definition) is 2. The molecule has 0 aliphatic rings. The van der Waals surface area contributed by atoms with Gasteiger partial charge in [0, 0.05) is 4.91 Å². The largest absolute Gasteiger partial charge is 0.393 e. The second-order valence-electron chi connectivity index (χ2n) is 2.80. The molecule has 0 fully saturated rings. The molecule has 0 amide bonds. The molecule has 4 nitrogen and oxygen atoms in total. The van der Waals surface area contributed by atoms with Gasteiger partial charge < -0.3 is 5.11 Å². The van der Waals surface area contributed by atoms with Crippen LogP contribution in [0.25, 0.3) is 10.4 Å².